The van der Waals surface area contributed by atoms with E-state index < -0.39 is 11.7 Å². The van der Waals surface area contributed by atoms with Gasteiger partial charge in [0.1, 0.15) is 17.1 Å². The van der Waals surface area contributed by atoms with E-state index >= 15 is 0 Å². The number of nitrogens with one attached hydrogen (secondary N) is 3. The monoisotopic (exact) mass is 521 g/mol. The summed E-state index contributed by atoms with van der Waals surface area (Å²) in [6, 6.07) is 5.65. The molecule has 0 atom stereocenters. The summed E-state index contributed by atoms with van der Waals surface area (Å²) in [5.41, 5.74) is 0.606. The van der Waals surface area contributed by atoms with Crippen molar-refractivity contribution in [3.8, 4) is 5.75 Å². The Morgan fingerprint density at radius 3 is 2.57 bits per heavy atom. The molecule has 9 nitrogen and oxygen atoms in total. The lowest BCUT2D eigenvalue weighted by atomic mass is 9.85. The number of halogens is 3. The van der Waals surface area contributed by atoms with E-state index in [1.54, 1.807) is 7.11 Å². The van der Waals surface area contributed by atoms with Crippen LogP contribution in [0.15, 0.2) is 24.4 Å². The number of alkyl halides is 3. The minimum Gasteiger partial charge on any atom is -0.494 e. The van der Waals surface area contributed by atoms with Gasteiger partial charge in [-0.2, -0.15) is 18.2 Å². The fourth-order valence-electron chi connectivity index (χ4n) is 4.27. The van der Waals surface area contributed by atoms with Crippen LogP contribution in [0.1, 0.15) is 31.2 Å². The van der Waals surface area contributed by atoms with Gasteiger partial charge in [0.15, 0.2) is 0 Å². The quantitative estimate of drug-likeness (QED) is 0.408. The van der Waals surface area contributed by atoms with Crippen LogP contribution in [0.4, 0.5) is 36.3 Å². The van der Waals surface area contributed by atoms with E-state index in [-0.39, 0.29) is 30.1 Å². The van der Waals surface area contributed by atoms with Crippen LogP contribution >= 0.6 is 0 Å². The summed E-state index contributed by atoms with van der Waals surface area (Å²) in [4.78, 5) is 24.4. The van der Waals surface area contributed by atoms with Crippen molar-refractivity contribution in [3.63, 3.8) is 0 Å². The lowest BCUT2D eigenvalue weighted by Crippen LogP contribution is -2.44. The van der Waals surface area contributed by atoms with Gasteiger partial charge in [0.2, 0.25) is 11.9 Å². The minimum absolute atomic E-state index is 0.0134. The molecule has 3 N–H and O–H groups in total. The number of piperazine rings is 1. The molecule has 2 heterocycles. The van der Waals surface area contributed by atoms with Gasteiger partial charge in [-0.05, 0) is 38.4 Å². The van der Waals surface area contributed by atoms with E-state index in [2.05, 4.69) is 42.8 Å². The van der Waals surface area contributed by atoms with Crippen LogP contribution in [0.2, 0.25) is 0 Å². The van der Waals surface area contributed by atoms with E-state index in [0.29, 0.717) is 24.4 Å². The molecule has 1 aromatic heterocycles. The third-order valence-electron chi connectivity index (χ3n) is 6.82. The largest absolute Gasteiger partial charge is 0.494 e. The van der Waals surface area contributed by atoms with Crippen molar-refractivity contribution in [2.45, 2.75) is 31.9 Å². The zero-order valence-electron chi connectivity index (χ0n) is 21.2. The van der Waals surface area contributed by atoms with E-state index in [1.807, 2.05) is 18.2 Å². The second-order valence-electron chi connectivity index (χ2n) is 9.45. The van der Waals surface area contributed by atoms with Crippen LogP contribution in [0.3, 0.4) is 0 Å². The molecule has 1 aliphatic carbocycles. The summed E-state index contributed by atoms with van der Waals surface area (Å²) < 4.78 is 46.2. The first-order valence-corrected chi connectivity index (χ1v) is 12.6. The summed E-state index contributed by atoms with van der Waals surface area (Å²) in [7, 11) is 3.63. The van der Waals surface area contributed by atoms with Gasteiger partial charge >= 0.3 is 6.18 Å². The van der Waals surface area contributed by atoms with Crippen LogP contribution < -0.4 is 25.6 Å². The van der Waals surface area contributed by atoms with Gasteiger partial charge in [0.25, 0.3) is 0 Å². The van der Waals surface area contributed by atoms with Gasteiger partial charge in [0, 0.05) is 63.1 Å². The Balaban J connectivity index is 1.41. The predicted octanol–water partition coefficient (Wildman–Crippen LogP) is 3.72. The van der Waals surface area contributed by atoms with E-state index in [4.69, 9.17) is 4.74 Å². The number of nitrogens with zero attached hydrogens (tertiary/aromatic N) is 4. The van der Waals surface area contributed by atoms with Crippen LogP contribution in [0.5, 0.6) is 5.75 Å². The summed E-state index contributed by atoms with van der Waals surface area (Å²) in [6.07, 6.45) is -0.513. The van der Waals surface area contributed by atoms with Crippen molar-refractivity contribution < 1.29 is 22.7 Å². The van der Waals surface area contributed by atoms with Crippen molar-refractivity contribution in [1.82, 2.24) is 20.2 Å². The Morgan fingerprint density at radius 1 is 1.16 bits per heavy atom. The third-order valence-corrected chi connectivity index (χ3v) is 6.82. The molecule has 0 bridgehead atoms. The number of ether oxygens (including phenoxy) is 1. The Hall–Kier alpha value is -3.28. The summed E-state index contributed by atoms with van der Waals surface area (Å²) >= 11 is 0. The van der Waals surface area contributed by atoms with Crippen molar-refractivity contribution >= 4 is 29.0 Å². The first-order chi connectivity index (χ1) is 17.7. The topological polar surface area (TPSA) is 94.6 Å². The molecule has 4 rings (SSSR count). The molecule has 0 radical (unpaired) electrons. The number of rotatable bonds is 10. The Labute approximate surface area is 214 Å². The summed E-state index contributed by atoms with van der Waals surface area (Å²) in [5.74, 6) is 0.329. The highest BCUT2D eigenvalue weighted by molar-refractivity contribution is 5.79. The molecular formula is C25H34F3N7O2. The molecule has 202 valence electrons. The van der Waals surface area contributed by atoms with Gasteiger partial charge < -0.3 is 30.5 Å². The molecule has 1 aliphatic heterocycles. The van der Waals surface area contributed by atoms with Gasteiger partial charge in [-0.3, -0.25) is 4.79 Å². The number of benzene rings is 1. The maximum Gasteiger partial charge on any atom is 0.421 e. The molecular weight excluding hydrogens is 487 g/mol. The van der Waals surface area contributed by atoms with Crippen LogP contribution in [0.25, 0.3) is 0 Å². The molecule has 12 heteroatoms. The fourth-order valence-corrected chi connectivity index (χ4v) is 4.27. The molecule has 1 aromatic carbocycles. The standard InChI is InChI=1S/C25H34F3N7O2/c1-34-11-13-35(14-12-34)18-7-8-20(21(15-18)37-2)32-24-31-16-19(25(26,27)28)22(33-24)29-9-4-10-30-23(36)17-5-3-6-17/h7-8,15-17H,3-6,9-14H2,1-2H3,(H,30,36)(H2,29,31,32,33). The first kappa shape index (κ1) is 26.8. The number of aromatic nitrogens is 2. The van der Waals surface area contributed by atoms with Gasteiger partial charge in [0.05, 0.1) is 12.8 Å². The Kier molecular flexibility index (Phi) is 8.57. The number of amides is 1. The highest BCUT2D eigenvalue weighted by Crippen LogP contribution is 2.36. The van der Waals surface area contributed by atoms with Gasteiger partial charge in [-0.1, -0.05) is 6.42 Å². The van der Waals surface area contributed by atoms with Crippen molar-refractivity contribution in [1.29, 1.82) is 0 Å². The molecule has 2 fully saturated rings. The summed E-state index contributed by atoms with van der Waals surface area (Å²) in [6.45, 7) is 4.32. The smallest absolute Gasteiger partial charge is 0.421 e. The molecule has 1 saturated heterocycles. The number of carbonyl (C=O) groups is 1. The highest BCUT2D eigenvalue weighted by atomic mass is 19.4. The number of carbonyl (C=O) groups excluding carboxylic acids is 1. The van der Waals surface area contributed by atoms with Gasteiger partial charge in [-0.25, -0.2) is 4.98 Å². The Bertz CT molecular complexity index is 1070. The lowest BCUT2D eigenvalue weighted by molar-refractivity contribution is -0.137. The van der Waals surface area contributed by atoms with E-state index in [1.165, 1.54) is 0 Å². The molecule has 0 unspecified atom stereocenters. The number of methoxy groups -OCH3 is 1. The van der Waals surface area contributed by atoms with Crippen molar-refractivity contribution in [2.75, 3.05) is 69.0 Å². The average molecular weight is 522 g/mol. The fraction of sp³-hybridized carbons (Fsp3) is 0.560. The van der Waals surface area contributed by atoms with Crippen molar-refractivity contribution in [2.24, 2.45) is 5.92 Å². The maximum absolute atomic E-state index is 13.6. The second kappa shape index (κ2) is 11.8. The number of hydrogen-bond acceptors (Lipinski definition) is 8. The zero-order chi connectivity index (χ0) is 26.4. The van der Waals surface area contributed by atoms with Crippen molar-refractivity contribution in [3.05, 3.63) is 30.0 Å². The van der Waals surface area contributed by atoms with Crippen LogP contribution in [-0.2, 0) is 11.0 Å². The lowest BCUT2D eigenvalue weighted by Gasteiger charge is -2.34. The second-order valence-corrected chi connectivity index (χ2v) is 9.45. The van der Waals surface area contributed by atoms with Gasteiger partial charge in [-0.15, -0.1) is 0 Å². The minimum atomic E-state index is -4.61. The molecule has 0 spiro atoms. The number of likely N-dealkylation sites (N-methyl/N-ethyl adjacent to an activating group) is 1. The molecule has 2 aromatic rings. The SMILES string of the molecule is COc1cc(N2CCN(C)CC2)ccc1Nc1ncc(C(F)(F)F)c(NCCCNC(=O)C2CCC2)n1. The Morgan fingerprint density at radius 2 is 1.92 bits per heavy atom. The molecule has 1 saturated carbocycles. The zero-order valence-corrected chi connectivity index (χ0v) is 21.2. The average Bonchev–Trinajstić information content (AvgIpc) is 2.83. The molecule has 37 heavy (non-hydrogen) atoms. The third kappa shape index (κ3) is 6.94. The number of anilines is 4. The normalized spacial score (nSPS) is 16.7. The number of hydrogen-bond donors (Lipinski definition) is 3. The first-order valence-electron chi connectivity index (χ1n) is 12.6. The summed E-state index contributed by atoms with van der Waals surface area (Å²) in [5, 5.41) is 8.58. The van der Waals surface area contributed by atoms with Crippen LogP contribution in [0, 0.1) is 5.92 Å². The van der Waals surface area contributed by atoms with Crippen LogP contribution in [-0.4, -0.2) is 74.2 Å². The predicted molar refractivity (Wildman–Crippen MR) is 136 cm³/mol. The van der Waals surface area contributed by atoms with E-state index in [0.717, 1.165) is 57.3 Å². The molecule has 2 aliphatic rings. The van der Waals surface area contributed by atoms with E-state index in [9.17, 15) is 18.0 Å². The molecule has 1 amide bonds. The maximum atomic E-state index is 13.6. The highest BCUT2D eigenvalue weighted by Gasteiger charge is 2.35.